The summed E-state index contributed by atoms with van der Waals surface area (Å²) in [5.41, 5.74) is 1.09. The van der Waals surface area contributed by atoms with Gasteiger partial charge in [-0.05, 0) is 31.2 Å². The van der Waals surface area contributed by atoms with Crippen LogP contribution in [-0.4, -0.2) is 23.0 Å². The van der Waals surface area contributed by atoms with Crippen molar-refractivity contribution in [3.05, 3.63) is 48.6 Å². The highest BCUT2D eigenvalue weighted by Crippen LogP contribution is 2.25. The van der Waals surface area contributed by atoms with Gasteiger partial charge in [0, 0.05) is 18.4 Å². The smallest absolute Gasteiger partial charge is 0.306 e. The number of aliphatic carboxylic acids is 1. The van der Waals surface area contributed by atoms with Crippen molar-refractivity contribution in [3.8, 4) is 0 Å². The molecule has 1 atom stereocenters. The lowest BCUT2D eigenvalue weighted by molar-refractivity contribution is -0.142. The van der Waals surface area contributed by atoms with Gasteiger partial charge in [0.05, 0.1) is 5.92 Å². The van der Waals surface area contributed by atoms with Gasteiger partial charge >= 0.3 is 5.97 Å². The van der Waals surface area contributed by atoms with Crippen molar-refractivity contribution < 1.29 is 14.7 Å². The molecule has 0 bridgehead atoms. The monoisotopic (exact) mass is 301 g/mol. The minimum Gasteiger partial charge on any atom is -0.481 e. The Kier molecular flexibility index (Phi) is 5.75. The van der Waals surface area contributed by atoms with Gasteiger partial charge in [0.15, 0.2) is 0 Å². The largest absolute Gasteiger partial charge is 0.481 e. The van der Waals surface area contributed by atoms with Crippen LogP contribution in [0.4, 0.5) is 0 Å². The molecule has 2 rings (SSSR count). The van der Waals surface area contributed by atoms with E-state index in [4.69, 9.17) is 5.11 Å². The number of carbonyl (C=O) groups is 2. The van der Waals surface area contributed by atoms with Gasteiger partial charge in [0.1, 0.15) is 0 Å². The van der Waals surface area contributed by atoms with E-state index < -0.39 is 5.97 Å². The number of carboxylic acid groups (broad SMARTS) is 1. The Hall–Kier alpha value is -2.10. The average molecular weight is 301 g/mol. The van der Waals surface area contributed by atoms with Gasteiger partial charge in [-0.15, -0.1) is 6.58 Å². The summed E-state index contributed by atoms with van der Waals surface area (Å²) in [6, 6.07) is 9.96. The molecule has 4 nitrogen and oxygen atoms in total. The van der Waals surface area contributed by atoms with Crippen LogP contribution in [0, 0.1) is 5.92 Å². The molecule has 2 N–H and O–H groups in total. The molecule has 4 heteroatoms. The predicted molar refractivity (Wildman–Crippen MR) is 85.5 cm³/mol. The molecule has 1 aliphatic rings. The molecular weight excluding hydrogens is 278 g/mol. The fourth-order valence-electron chi connectivity index (χ4n) is 3.01. The van der Waals surface area contributed by atoms with Crippen molar-refractivity contribution in [1.82, 2.24) is 5.32 Å². The number of hydrogen-bond acceptors (Lipinski definition) is 2. The Morgan fingerprint density at radius 2 is 1.86 bits per heavy atom. The molecule has 1 aliphatic carbocycles. The molecule has 22 heavy (non-hydrogen) atoms. The number of carboxylic acids is 1. The second kappa shape index (κ2) is 7.78. The molecule has 0 aromatic heterocycles. The first-order valence-corrected chi connectivity index (χ1v) is 7.79. The number of nitrogens with one attached hydrogen (secondary N) is 1. The highest BCUT2D eigenvalue weighted by molar-refractivity contribution is 5.77. The minimum atomic E-state index is -0.722. The van der Waals surface area contributed by atoms with Crippen LogP contribution in [0.2, 0.25) is 0 Å². The topological polar surface area (TPSA) is 66.4 Å². The summed E-state index contributed by atoms with van der Waals surface area (Å²) >= 11 is 0. The highest BCUT2D eigenvalue weighted by Gasteiger charge is 2.27. The molecule has 0 radical (unpaired) electrons. The van der Waals surface area contributed by atoms with Crippen molar-refractivity contribution in [2.75, 3.05) is 0 Å². The average Bonchev–Trinajstić information content (AvgIpc) is 2.54. The second-order valence-electron chi connectivity index (χ2n) is 5.91. The first kappa shape index (κ1) is 16.3. The Labute approximate surface area is 131 Å². The quantitative estimate of drug-likeness (QED) is 0.793. The zero-order valence-corrected chi connectivity index (χ0v) is 12.7. The van der Waals surface area contributed by atoms with E-state index >= 15 is 0 Å². The lowest BCUT2D eigenvalue weighted by atomic mass is 9.86. The van der Waals surface area contributed by atoms with E-state index in [-0.39, 0.29) is 23.8 Å². The first-order valence-electron chi connectivity index (χ1n) is 7.79. The normalized spacial score (nSPS) is 22.5. The fraction of sp³-hybridized carbons (Fsp3) is 0.444. The Morgan fingerprint density at radius 3 is 2.41 bits per heavy atom. The van der Waals surface area contributed by atoms with Crippen LogP contribution < -0.4 is 5.32 Å². The molecule has 0 aliphatic heterocycles. The van der Waals surface area contributed by atoms with E-state index in [1.165, 1.54) is 0 Å². The Morgan fingerprint density at radius 1 is 1.23 bits per heavy atom. The summed E-state index contributed by atoms with van der Waals surface area (Å²) in [6.45, 7) is 3.82. The molecule has 1 amide bonds. The van der Waals surface area contributed by atoms with E-state index in [0.717, 1.165) is 18.4 Å². The predicted octanol–water partition coefficient (Wildman–Crippen LogP) is 3.11. The van der Waals surface area contributed by atoms with Gasteiger partial charge in [-0.1, -0.05) is 36.4 Å². The Bertz CT molecular complexity index is 518. The second-order valence-corrected chi connectivity index (χ2v) is 5.91. The van der Waals surface area contributed by atoms with Crippen molar-refractivity contribution >= 4 is 11.9 Å². The SMILES string of the molecule is C=CC(CC(=O)NC1CCC(C(=O)O)CC1)c1ccccc1. The molecule has 0 heterocycles. The molecule has 0 saturated heterocycles. The van der Waals surface area contributed by atoms with Gasteiger partial charge in [-0.3, -0.25) is 9.59 Å². The number of rotatable bonds is 6. The maximum Gasteiger partial charge on any atom is 0.306 e. The Balaban J connectivity index is 1.83. The zero-order valence-electron chi connectivity index (χ0n) is 12.7. The number of benzene rings is 1. The van der Waals surface area contributed by atoms with Crippen LogP contribution in [0.3, 0.4) is 0 Å². The van der Waals surface area contributed by atoms with E-state index in [0.29, 0.717) is 19.3 Å². The van der Waals surface area contributed by atoms with Crippen LogP contribution in [0.5, 0.6) is 0 Å². The number of hydrogen-bond donors (Lipinski definition) is 2. The van der Waals surface area contributed by atoms with E-state index in [9.17, 15) is 9.59 Å². The fourth-order valence-corrected chi connectivity index (χ4v) is 3.01. The minimum absolute atomic E-state index is 0.00697. The summed E-state index contributed by atoms with van der Waals surface area (Å²) < 4.78 is 0. The molecule has 1 fully saturated rings. The van der Waals surface area contributed by atoms with Gasteiger partial charge in [-0.2, -0.15) is 0 Å². The van der Waals surface area contributed by atoms with Crippen LogP contribution in [0.1, 0.15) is 43.6 Å². The standard InChI is InChI=1S/C18H23NO3/c1-2-13(14-6-4-3-5-7-14)12-17(20)19-16-10-8-15(9-11-16)18(21)22/h2-7,13,15-16H,1,8-12H2,(H,19,20)(H,21,22). The maximum absolute atomic E-state index is 12.2. The highest BCUT2D eigenvalue weighted by atomic mass is 16.4. The van der Waals surface area contributed by atoms with E-state index in [2.05, 4.69) is 11.9 Å². The number of carbonyl (C=O) groups excluding carboxylic acids is 1. The van der Waals surface area contributed by atoms with Crippen LogP contribution in [0.25, 0.3) is 0 Å². The van der Waals surface area contributed by atoms with Crippen LogP contribution in [-0.2, 0) is 9.59 Å². The van der Waals surface area contributed by atoms with Gasteiger partial charge < -0.3 is 10.4 Å². The van der Waals surface area contributed by atoms with Crippen molar-refractivity contribution in [3.63, 3.8) is 0 Å². The van der Waals surface area contributed by atoms with Crippen molar-refractivity contribution in [2.24, 2.45) is 5.92 Å². The van der Waals surface area contributed by atoms with Crippen molar-refractivity contribution in [1.29, 1.82) is 0 Å². The van der Waals surface area contributed by atoms with Crippen molar-refractivity contribution in [2.45, 2.75) is 44.1 Å². The van der Waals surface area contributed by atoms with E-state index in [1.54, 1.807) is 6.08 Å². The van der Waals surface area contributed by atoms with Gasteiger partial charge in [-0.25, -0.2) is 0 Å². The third-order valence-corrected chi connectivity index (χ3v) is 4.36. The van der Waals surface area contributed by atoms with Crippen LogP contribution in [0.15, 0.2) is 43.0 Å². The number of amides is 1. The summed E-state index contributed by atoms with van der Waals surface area (Å²) in [5, 5.41) is 12.0. The van der Waals surface area contributed by atoms with Gasteiger partial charge in [0.2, 0.25) is 5.91 Å². The van der Waals surface area contributed by atoms with Gasteiger partial charge in [0.25, 0.3) is 0 Å². The zero-order chi connectivity index (χ0) is 15.9. The molecule has 1 aromatic carbocycles. The molecule has 0 spiro atoms. The first-order chi connectivity index (χ1) is 10.6. The number of allylic oxidation sites excluding steroid dienone is 1. The lowest BCUT2D eigenvalue weighted by Crippen LogP contribution is -2.39. The summed E-state index contributed by atoms with van der Waals surface area (Å²) in [4.78, 5) is 23.1. The summed E-state index contributed by atoms with van der Waals surface area (Å²) in [6.07, 6.45) is 4.95. The summed E-state index contributed by atoms with van der Waals surface area (Å²) in [5.74, 6) is -0.956. The molecule has 1 saturated carbocycles. The molecule has 1 aromatic rings. The molecular formula is C18H23NO3. The lowest BCUT2D eigenvalue weighted by Gasteiger charge is -2.27. The summed E-state index contributed by atoms with van der Waals surface area (Å²) in [7, 11) is 0. The molecule has 1 unspecified atom stereocenters. The van der Waals surface area contributed by atoms with E-state index in [1.807, 2.05) is 30.3 Å². The van der Waals surface area contributed by atoms with Crippen LogP contribution >= 0.6 is 0 Å². The third kappa shape index (κ3) is 4.45. The third-order valence-electron chi connectivity index (χ3n) is 4.36. The maximum atomic E-state index is 12.2. The molecule has 118 valence electrons.